The Morgan fingerprint density at radius 3 is 2.39 bits per heavy atom. The van der Waals surface area contributed by atoms with Gasteiger partial charge in [0.1, 0.15) is 0 Å². The van der Waals surface area contributed by atoms with Gasteiger partial charge in [0, 0.05) is 12.2 Å². The van der Waals surface area contributed by atoms with E-state index in [0.717, 1.165) is 5.56 Å². The van der Waals surface area contributed by atoms with Gasteiger partial charge in [-0.3, -0.25) is 9.52 Å². The molecule has 0 bridgehead atoms. The van der Waals surface area contributed by atoms with E-state index in [1.54, 1.807) is 48.5 Å². The number of sulfonamides is 1. The number of anilines is 1. The molecule has 10 heteroatoms. The number of rotatable bonds is 8. The van der Waals surface area contributed by atoms with Gasteiger partial charge in [0.05, 0.1) is 10.5 Å². The van der Waals surface area contributed by atoms with E-state index in [0.29, 0.717) is 17.2 Å². The van der Waals surface area contributed by atoms with Crippen molar-refractivity contribution in [2.24, 2.45) is 0 Å². The van der Waals surface area contributed by atoms with Crippen molar-refractivity contribution in [3.63, 3.8) is 0 Å². The monoisotopic (exact) mass is 468 g/mol. The standard InChI is InChI=1S/C23H20N2O7S/c26-22(24-13-16-6-11-20-21(12-16)32-15-31-20)14-30-23(27)17-7-9-19(10-8-17)33(28,29)25-18-4-2-1-3-5-18/h1-12,25H,13-15H2,(H,24,26). The molecule has 3 aromatic carbocycles. The number of para-hydroxylation sites is 1. The summed E-state index contributed by atoms with van der Waals surface area (Å²) < 4.78 is 42.9. The van der Waals surface area contributed by atoms with Crippen molar-refractivity contribution < 1.29 is 32.2 Å². The Morgan fingerprint density at radius 2 is 1.64 bits per heavy atom. The van der Waals surface area contributed by atoms with Gasteiger partial charge < -0.3 is 19.5 Å². The zero-order chi connectivity index (χ0) is 23.3. The molecule has 0 aromatic heterocycles. The lowest BCUT2D eigenvalue weighted by Crippen LogP contribution is -2.28. The van der Waals surface area contributed by atoms with Gasteiger partial charge in [-0.2, -0.15) is 0 Å². The van der Waals surface area contributed by atoms with Crippen molar-refractivity contribution in [1.82, 2.24) is 5.32 Å². The highest BCUT2D eigenvalue weighted by Crippen LogP contribution is 2.32. The van der Waals surface area contributed by atoms with Gasteiger partial charge in [0.2, 0.25) is 6.79 Å². The Hall–Kier alpha value is -4.05. The van der Waals surface area contributed by atoms with Crippen LogP contribution in [0, 0.1) is 0 Å². The van der Waals surface area contributed by atoms with E-state index in [1.165, 1.54) is 24.3 Å². The third kappa shape index (κ3) is 5.60. The van der Waals surface area contributed by atoms with E-state index in [9.17, 15) is 18.0 Å². The summed E-state index contributed by atoms with van der Waals surface area (Å²) in [7, 11) is -3.80. The minimum absolute atomic E-state index is 0.00984. The number of ether oxygens (including phenoxy) is 3. The maximum absolute atomic E-state index is 12.5. The maximum Gasteiger partial charge on any atom is 0.338 e. The molecule has 0 saturated heterocycles. The van der Waals surface area contributed by atoms with E-state index in [1.807, 2.05) is 0 Å². The third-order valence-electron chi connectivity index (χ3n) is 4.69. The highest BCUT2D eigenvalue weighted by atomic mass is 32.2. The van der Waals surface area contributed by atoms with E-state index < -0.39 is 28.5 Å². The number of benzene rings is 3. The molecule has 1 amide bonds. The molecule has 2 N–H and O–H groups in total. The normalized spacial score (nSPS) is 12.1. The van der Waals surface area contributed by atoms with Crippen LogP contribution in [-0.4, -0.2) is 33.7 Å². The first kappa shape index (κ1) is 22.2. The second kappa shape index (κ2) is 9.61. The minimum atomic E-state index is -3.80. The van der Waals surface area contributed by atoms with Gasteiger partial charge >= 0.3 is 5.97 Å². The number of fused-ring (bicyclic) bond motifs is 1. The van der Waals surface area contributed by atoms with Crippen molar-refractivity contribution >= 4 is 27.6 Å². The summed E-state index contributed by atoms with van der Waals surface area (Å²) in [5, 5.41) is 2.65. The lowest BCUT2D eigenvalue weighted by Gasteiger charge is -2.09. The zero-order valence-electron chi connectivity index (χ0n) is 17.3. The van der Waals surface area contributed by atoms with Gasteiger partial charge in [-0.05, 0) is 54.1 Å². The van der Waals surface area contributed by atoms with Crippen LogP contribution in [-0.2, 0) is 26.1 Å². The van der Waals surface area contributed by atoms with Crippen LogP contribution in [0.5, 0.6) is 11.5 Å². The molecule has 1 aliphatic heterocycles. The highest BCUT2D eigenvalue weighted by molar-refractivity contribution is 7.92. The fourth-order valence-corrected chi connectivity index (χ4v) is 4.07. The Labute approximate surface area is 190 Å². The fraction of sp³-hybridized carbons (Fsp3) is 0.130. The summed E-state index contributed by atoms with van der Waals surface area (Å²) in [6.45, 7) is -0.0788. The molecule has 0 spiro atoms. The molecule has 4 rings (SSSR count). The molecule has 0 atom stereocenters. The SMILES string of the molecule is O=C(COC(=O)c1ccc(S(=O)(=O)Nc2ccccc2)cc1)NCc1ccc2c(c1)OCO2. The van der Waals surface area contributed by atoms with Crippen LogP contribution < -0.4 is 19.5 Å². The first-order valence-corrected chi connectivity index (χ1v) is 11.4. The molecule has 9 nitrogen and oxygen atoms in total. The van der Waals surface area contributed by atoms with E-state index >= 15 is 0 Å². The van der Waals surface area contributed by atoms with Gasteiger partial charge in [0.25, 0.3) is 15.9 Å². The number of carbonyl (C=O) groups excluding carboxylic acids is 2. The van der Waals surface area contributed by atoms with Crippen LogP contribution in [0.25, 0.3) is 0 Å². The van der Waals surface area contributed by atoms with Gasteiger partial charge in [-0.1, -0.05) is 24.3 Å². The average Bonchev–Trinajstić information content (AvgIpc) is 3.29. The molecule has 0 fully saturated rings. The molecular weight excluding hydrogens is 448 g/mol. The largest absolute Gasteiger partial charge is 0.454 e. The Morgan fingerprint density at radius 1 is 0.909 bits per heavy atom. The topological polar surface area (TPSA) is 120 Å². The van der Waals surface area contributed by atoms with Crippen molar-refractivity contribution in [2.45, 2.75) is 11.4 Å². The lowest BCUT2D eigenvalue weighted by atomic mass is 10.2. The predicted molar refractivity (Wildman–Crippen MR) is 118 cm³/mol. The maximum atomic E-state index is 12.5. The van der Waals surface area contributed by atoms with Crippen LogP contribution >= 0.6 is 0 Å². The molecule has 1 aliphatic rings. The molecule has 0 unspecified atom stereocenters. The van der Waals surface area contributed by atoms with Crippen molar-refractivity contribution in [2.75, 3.05) is 18.1 Å². The summed E-state index contributed by atoms with van der Waals surface area (Å²) in [6, 6.07) is 19.0. The van der Waals surface area contributed by atoms with Crippen molar-refractivity contribution in [3.8, 4) is 11.5 Å². The number of esters is 1. The lowest BCUT2D eigenvalue weighted by molar-refractivity contribution is -0.124. The summed E-state index contributed by atoms with van der Waals surface area (Å²) in [6.07, 6.45) is 0. The summed E-state index contributed by atoms with van der Waals surface area (Å²) in [5.74, 6) is 0.0340. The summed E-state index contributed by atoms with van der Waals surface area (Å²) in [4.78, 5) is 24.2. The summed E-state index contributed by atoms with van der Waals surface area (Å²) >= 11 is 0. The number of carbonyl (C=O) groups is 2. The average molecular weight is 468 g/mol. The smallest absolute Gasteiger partial charge is 0.338 e. The van der Waals surface area contributed by atoms with Crippen LogP contribution in [0.3, 0.4) is 0 Å². The molecule has 170 valence electrons. The molecule has 0 saturated carbocycles. The third-order valence-corrected chi connectivity index (χ3v) is 6.08. The number of hydrogen-bond acceptors (Lipinski definition) is 7. The minimum Gasteiger partial charge on any atom is -0.454 e. The van der Waals surface area contributed by atoms with Crippen molar-refractivity contribution in [3.05, 3.63) is 83.9 Å². The Balaban J connectivity index is 1.27. The zero-order valence-corrected chi connectivity index (χ0v) is 18.1. The van der Waals surface area contributed by atoms with Crippen molar-refractivity contribution in [1.29, 1.82) is 0 Å². The second-order valence-corrected chi connectivity index (χ2v) is 8.72. The summed E-state index contributed by atoms with van der Waals surface area (Å²) in [5.41, 5.74) is 1.35. The molecule has 0 aliphatic carbocycles. The van der Waals surface area contributed by atoms with Crippen LogP contribution in [0.1, 0.15) is 15.9 Å². The fourth-order valence-electron chi connectivity index (χ4n) is 3.01. The van der Waals surface area contributed by atoms with Crippen LogP contribution in [0.15, 0.2) is 77.7 Å². The van der Waals surface area contributed by atoms with Gasteiger partial charge in [0.15, 0.2) is 18.1 Å². The molecule has 0 radical (unpaired) electrons. The predicted octanol–water partition coefficient (Wildman–Crippen LogP) is 2.69. The van der Waals surface area contributed by atoms with Crippen LogP contribution in [0.2, 0.25) is 0 Å². The Bertz CT molecular complexity index is 1260. The second-order valence-electron chi connectivity index (χ2n) is 7.04. The van der Waals surface area contributed by atoms with E-state index in [-0.39, 0.29) is 23.8 Å². The molecule has 1 heterocycles. The first-order valence-electron chi connectivity index (χ1n) is 9.91. The molecule has 3 aromatic rings. The van der Waals surface area contributed by atoms with Gasteiger partial charge in [-0.15, -0.1) is 0 Å². The number of hydrogen-bond donors (Lipinski definition) is 2. The van der Waals surface area contributed by atoms with Gasteiger partial charge in [-0.25, -0.2) is 13.2 Å². The Kier molecular flexibility index (Phi) is 6.45. The number of amides is 1. The van der Waals surface area contributed by atoms with E-state index in [4.69, 9.17) is 14.2 Å². The molecule has 33 heavy (non-hydrogen) atoms. The molecular formula is C23H20N2O7S. The first-order chi connectivity index (χ1) is 15.9. The highest BCUT2D eigenvalue weighted by Gasteiger charge is 2.17. The van der Waals surface area contributed by atoms with Crippen LogP contribution in [0.4, 0.5) is 5.69 Å². The quantitative estimate of drug-likeness (QED) is 0.488. The number of nitrogens with one attached hydrogen (secondary N) is 2. The van der Waals surface area contributed by atoms with E-state index in [2.05, 4.69) is 10.0 Å².